The van der Waals surface area contributed by atoms with E-state index < -0.39 is 0 Å². The average Bonchev–Trinajstić information content (AvgIpc) is 3.47. The molecule has 1 aliphatic rings. The normalized spacial score (nSPS) is 15.7. The number of methoxy groups -OCH3 is 1. The van der Waals surface area contributed by atoms with Crippen LogP contribution in [0.4, 0.5) is 11.4 Å². The van der Waals surface area contributed by atoms with Gasteiger partial charge >= 0.3 is 0 Å². The number of benzene rings is 2. The number of fused-ring (bicyclic) bond motifs is 1. The zero-order valence-electron chi connectivity index (χ0n) is 18.7. The van der Waals surface area contributed by atoms with Crippen LogP contribution in [0.2, 0.25) is 0 Å². The zero-order valence-corrected chi connectivity index (χ0v) is 18.7. The summed E-state index contributed by atoms with van der Waals surface area (Å²) in [4.78, 5) is 19.6. The second-order valence-electron chi connectivity index (χ2n) is 8.34. The number of hydrogen-bond acceptors (Lipinski definition) is 6. The summed E-state index contributed by atoms with van der Waals surface area (Å²) in [6.45, 7) is 3.56. The van der Waals surface area contributed by atoms with Crippen LogP contribution in [0.3, 0.4) is 0 Å². The van der Waals surface area contributed by atoms with Crippen LogP contribution >= 0.6 is 0 Å². The third-order valence-corrected chi connectivity index (χ3v) is 6.02. The topological polar surface area (TPSA) is 85.2 Å². The molecule has 168 valence electrons. The van der Waals surface area contributed by atoms with Crippen LogP contribution in [-0.4, -0.2) is 51.0 Å². The number of aromatic nitrogens is 4. The third-order valence-electron chi connectivity index (χ3n) is 6.02. The Morgan fingerprint density at radius 3 is 2.76 bits per heavy atom. The van der Waals surface area contributed by atoms with Crippen LogP contribution < -0.4 is 10.1 Å². The molecule has 1 N–H and O–H groups in total. The van der Waals surface area contributed by atoms with Crippen molar-refractivity contribution in [1.82, 2.24) is 24.9 Å². The first-order valence-electron chi connectivity index (χ1n) is 11.0. The largest absolute Gasteiger partial charge is 0.497 e. The van der Waals surface area contributed by atoms with Crippen LogP contribution in [0.15, 0.2) is 60.7 Å². The lowest BCUT2D eigenvalue weighted by Crippen LogP contribution is -2.32. The molecular formula is C25H26N6O2. The Hall–Kier alpha value is -3.94. The zero-order chi connectivity index (χ0) is 22.8. The Bertz CT molecular complexity index is 1280. The lowest BCUT2D eigenvalue weighted by Gasteiger charge is -2.17. The number of nitrogens with one attached hydrogen (secondary N) is 1. The van der Waals surface area contributed by atoms with E-state index >= 15 is 0 Å². The molecule has 4 aromatic rings. The molecule has 0 spiro atoms. The van der Waals surface area contributed by atoms with Gasteiger partial charge in [-0.3, -0.25) is 9.78 Å². The van der Waals surface area contributed by atoms with Crippen LogP contribution in [0, 0.1) is 6.92 Å². The lowest BCUT2D eigenvalue weighted by atomic mass is 10.0. The van der Waals surface area contributed by atoms with Gasteiger partial charge < -0.3 is 15.0 Å². The van der Waals surface area contributed by atoms with Gasteiger partial charge in [0.1, 0.15) is 17.8 Å². The van der Waals surface area contributed by atoms with Gasteiger partial charge in [-0.15, -0.1) is 5.10 Å². The minimum absolute atomic E-state index is 0.0531. The van der Waals surface area contributed by atoms with E-state index in [1.807, 2.05) is 66.4 Å². The molecule has 33 heavy (non-hydrogen) atoms. The Balaban J connectivity index is 1.27. The lowest BCUT2D eigenvalue weighted by molar-refractivity contribution is -0.130. The van der Waals surface area contributed by atoms with E-state index in [1.54, 1.807) is 11.8 Å². The van der Waals surface area contributed by atoms with E-state index in [2.05, 4.69) is 21.7 Å². The van der Waals surface area contributed by atoms with Crippen LogP contribution in [-0.2, 0) is 11.3 Å². The van der Waals surface area contributed by atoms with E-state index in [4.69, 9.17) is 9.72 Å². The SMILES string of the molecule is COc1ccc(Nc2cc(C)nc([C@H]3CCN(C(=O)Cn4nnc5ccccc54)C3)c2)cc1. The van der Waals surface area contributed by atoms with E-state index in [0.29, 0.717) is 13.1 Å². The minimum Gasteiger partial charge on any atom is -0.497 e. The summed E-state index contributed by atoms with van der Waals surface area (Å²) >= 11 is 0. The van der Waals surface area contributed by atoms with Crippen molar-refractivity contribution in [3.63, 3.8) is 0 Å². The van der Waals surface area contributed by atoms with Crippen molar-refractivity contribution in [2.45, 2.75) is 25.8 Å². The maximum absolute atomic E-state index is 13.0. The number of carbonyl (C=O) groups excluding carboxylic acids is 1. The molecule has 1 amide bonds. The summed E-state index contributed by atoms with van der Waals surface area (Å²) < 4.78 is 6.90. The van der Waals surface area contributed by atoms with Crippen molar-refractivity contribution in [1.29, 1.82) is 0 Å². The number of amides is 1. The number of hydrogen-bond donors (Lipinski definition) is 1. The van der Waals surface area contributed by atoms with E-state index in [-0.39, 0.29) is 18.4 Å². The van der Waals surface area contributed by atoms with Crippen LogP contribution in [0.1, 0.15) is 23.7 Å². The van der Waals surface area contributed by atoms with Gasteiger partial charge in [0, 0.05) is 41.8 Å². The summed E-state index contributed by atoms with van der Waals surface area (Å²) in [5, 5.41) is 11.7. The van der Waals surface area contributed by atoms with Crippen molar-refractivity contribution in [2.75, 3.05) is 25.5 Å². The summed E-state index contributed by atoms with van der Waals surface area (Å²) in [7, 11) is 1.66. The number of para-hydroxylation sites is 1. The van der Waals surface area contributed by atoms with Crippen molar-refractivity contribution in [3.8, 4) is 5.75 Å². The molecule has 1 aliphatic heterocycles. The second-order valence-corrected chi connectivity index (χ2v) is 8.34. The molecule has 1 saturated heterocycles. The summed E-state index contributed by atoms with van der Waals surface area (Å²) in [5.41, 5.74) is 5.59. The number of carbonyl (C=O) groups is 1. The number of nitrogens with zero attached hydrogens (tertiary/aromatic N) is 5. The first-order chi connectivity index (χ1) is 16.1. The molecule has 0 unspecified atom stereocenters. The van der Waals surface area contributed by atoms with Gasteiger partial charge in [-0.05, 0) is 61.9 Å². The Kier molecular flexibility index (Phi) is 5.64. The fraction of sp³-hybridized carbons (Fsp3) is 0.280. The maximum atomic E-state index is 13.0. The second kappa shape index (κ2) is 8.90. The highest BCUT2D eigenvalue weighted by Crippen LogP contribution is 2.29. The predicted molar refractivity (Wildman–Crippen MR) is 127 cm³/mol. The van der Waals surface area contributed by atoms with Crippen LogP contribution in [0.5, 0.6) is 5.75 Å². The first-order valence-corrected chi connectivity index (χ1v) is 11.0. The Morgan fingerprint density at radius 2 is 1.94 bits per heavy atom. The molecule has 0 bridgehead atoms. The van der Waals surface area contributed by atoms with Crippen molar-refractivity contribution in [2.24, 2.45) is 0 Å². The maximum Gasteiger partial charge on any atom is 0.244 e. The minimum atomic E-state index is 0.0531. The van der Waals surface area contributed by atoms with Crippen molar-refractivity contribution >= 4 is 28.3 Å². The molecule has 1 atom stereocenters. The highest BCUT2D eigenvalue weighted by atomic mass is 16.5. The van der Waals surface area contributed by atoms with Gasteiger partial charge in [0.2, 0.25) is 5.91 Å². The summed E-state index contributed by atoms with van der Waals surface area (Å²) in [6.07, 6.45) is 0.891. The van der Waals surface area contributed by atoms with Gasteiger partial charge in [0.15, 0.2) is 0 Å². The van der Waals surface area contributed by atoms with E-state index in [1.165, 1.54) is 0 Å². The standard InChI is InChI=1S/C25H26N6O2/c1-17-13-20(27-19-7-9-21(33-2)10-8-19)14-23(26-17)18-11-12-30(15-18)25(32)16-31-24-6-4-3-5-22(24)28-29-31/h3-10,13-14,18H,11-12,15-16H2,1-2H3,(H,26,27)/t18-/m0/s1. The molecule has 0 saturated carbocycles. The molecule has 8 heteroatoms. The molecular weight excluding hydrogens is 416 g/mol. The monoisotopic (exact) mass is 442 g/mol. The van der Waals surface area contributed by atoms with Gasteiger partial charge in [0.25, 0.3) is 0 Å². The quantitative estimate of drug-likeness (QED) is 0.487. The summed E-state index contributed by atoms with van der Waals surface area (Å²) in [5.74, 6) is 1.08. The van der Waals surface area contributed by atoms with Gasteiger partial charge in [-0.25, -0.2) is 4.68 Å². The number of aryl methyl sites for hydroxylation is 1. The fourth-order valence-electron chi connectivity index (χ4n) is 4.31. The molecule has 8 nitrogen and oxygen atoms in total. The number of rotatable bonds is 6. The smallest absolute Gasteiger partial charge is 0.244 e. The van der Waals surface area contributed by atoms with Gasteiger partial charge in [-0.1, -0.05) is 17.3 Å². The number of likely N-dealkylation sites (tertiary alicyclic amines) is 1. The molecule has 3 heterocycles. The van der Waals surface area contributed by atoms with Crippen LogP contribution in [0.25, 0.3) is 11.0 Å². The number of pyridine rings is 1. The van der Waals surface area contributed by atoms with E-state index in [9.17, 15) is 4.79 Å². The molecule has 5 rings (SSSR count). The van der Waals surface area contributed by atoms with Crippen molar-refractivity contribution < 1.29 is 9.53 Å². The fourth-order valence-corrected chi connectivity index (χ4v) is 4.31. The molecule has 1 fully saturated rings. The molecule has 2 aromatic carbocycles. The Morgan fingerprint density at radius 1 is 1.12 bits per heavy atom. The van der Waals surface area contributed by atoms with Gasteiger partial charge in [0.05, 0.1) is 12.6 Å². The molecule has 2 aromatic heterocycles. The van der Waals surface area contributed by atoms with Gasteiger partial charge in [-0.2, -0.15) is 0 Å². The Labute approximate surface area is 192 Å². The predicted octanol–water partition coefficient (Wildman–Crippen LogP) is 3.90. The first kappa shape index (κ1) is 20.9. The average molecular weight is 443 g/mol. The van der Waals surface area contributed by atoms with Crippen molar-refractivity contribution in [3.05, 3.63) is 72.1 Å². The van der Waals surface area contributed by atoms with E-state index in [0.717, 1.165) is 46.0 Å². The molecule has 0 aliphatic carbocycles. The molecule has 0 radical (unpaired) electrons. The third kappa shape index (κ3) is 4.50. The summed E-state index contributed by atoms with van der Waals surface area (Å²) in [6, 6.07) is 19.6. The number of ether oxygens (including phenoxy) is 1. The number of anilines is 2. The highest BCUT2D eigenvalue weighted by Gasteiger charge is 2.29. The highest BCUT2D eigenvalue weighted by molar-refractivity contribution is 5.80.